The summed E-state index contributed by atoms with van der Waals surface area (Å²) in [5.74, 6) is 0.926. The highest BCUT2D eigenvalue weighted by molar-refractivity contribution is 5.05. The number of fused-ring (bicyclic) bond motifs is 1. The minimum Gasteiger partial charge on any atom is -0.467 e. The molecule has 1 aliphatic carbocycles. The second kappa shape index (κ2) is 1.50. The number of piperidine rings is 1. The lowest BCUT2D eigenvalue weighted by Crippen LogP contribution is -3.06. The van der Waals surface area contributed by atoms with Crippen molar-refractivity contribution >= 4 is 0 Å². The fraction of sp³-hybridized carbons (Fsp3) is 0.857. The van der Waals surface area contributed by atoms with Crippen molar-refractivity contribution in [3.8, 4) is 0 Å². The van der Waals surface area contributed by atoms with Crippen LogP contribution in [-0.4, -0.2) is 19.6 Å². The zero-order valence-electron chi connectivity index (χ0n) is 5.69. The third-order valence-electron chi connectivity index (χ3n) is 2.90. The summed E-state index contributed by atoms with van der Waals surface area (Å²) in [6, 6.07) is 0. The summed E-state index contributed by atoms with van der Waals surface area (Å²) in [7, 11) is 3.97. The van der Waals surface area contributed by atoms with E-state index in [0.29, 0.717) is 5.41 Å². The van der Waals surface area contributed by atoms with Gasteiger partial charge in [0.1, 0.15) is 0 Å². The van der Waals surface area contributed by atoms with Crippen LogP contribution in [0.5, 0.6) is 0 Å². The van der Waals surface area contributed by atoms with E-state index in [1.807, 2.05) is 0 Å². The Labute approximate surface area is 56.0 Å². The molecular weight excluding hydrogens is 112 g/mol. The summed E-state index contributed by atoms with van der Waals surface area (Å²) in [6.45, 7) is 3.36. The third-order valence-corrected chi connectivity index (χ3v) is 2.90. The highest BCUT2D eigenvalue weighted by atomic mass is 15.2. The minimum absolute atomic E-state index is 0.553. The molecule has 0 spiro atoms. The van der Waals surface area contributed by atoms with Crippen molar-refractivity contribution in [2.75, 3.05) is 19.6 Å². The Kier molecular flexibility index (Phi) is 0.945. The molecule has 1 aliphatic heterocycles. The first-order chi connectivity index (χ1) is 4.27. The van der Waals surface area contributed by atoms with Gasteiger partial charge in [-0.1, -0.05) is 0 Å². The van der Waals surface area contributed by atoms with Crippen molar-refractivity contribution in [3.05, 3.63) is 7.05 Å². The first kappa shape index (κ1) is 5.69. The number of nitrogens with one attached hydrogen (secondary N) is 1. The van der Waals surface area contributed by atoms with Crippen molar-refractivity contribution in [2.24, 2.45) is 17.1 Å². The number of hydrogen-bond donors (Lipinski definition) is 2. The average molecular weight is 126 g/mol. The number of quaternary nitrogens is 1. The highest BCUT2D eigenvalue weighted by Crippen LogP contribution is 2.52. The van der Waals surface area contributed by atoms with Crippen molar-refractivity contribution in [2.45, 2.75) is 6.42 Å². The lowest BCUT2D eigenvalue weighted by Gasteiger charge is -2.17. The van der Waals surface area contributed by atoms with Gasteiger partial charge < -0.3 is 10.6 Å². The summed E-state index contributed by atoms with van der Waals surface area (Å²) in [4.78, 5) is 1.43. The molecule has 2 heteroatoms. The lowest BCUT2D eigenvalue weighted by atomic mass is 10.1. The van der Waals surface area contributed by atoms with Gasteiger partial charge in [0, 0.05) is 17.9 Å². The van der Waals surface area contributed by atoms with Crippen LogP contribution in [0.15, 0.2) is 0 Å². The Bertz CT molecular complexity index is 131. The second-order valence-electron chi connectivity index (χ2n) is 3.60. The maximum Gasteiger partial charge on any atom is 0.0604 e. The fourth-order valence-corrected chi connectivity index (χ4v) is 2.18. The van der Waals surface area contributed by atoms with Crippen molar-refractivity contribution in [3.63, 3.8) is 0 Å². The fourth-order valence-electron chi connectivity index (χ4n) is 2.18. The van der Waals surface area contributed by atoms with Gasteiger partial charge in [-0.15, -0.1) is 0 Å². The van der Waals surface area contributed by atoms with E-state index in [0.717, 1.165) is 12.5 Å². The lowest BCUT2D eigenvalue weighted by molar-refractivity contribution is -0.847. The normalized spacial score (nSPS) is 55.3. The van der Waals surface area contributed by atoms with E-state index in [2.05, 4.69) is 7.05 Å². The Morgan fingerprint density at radius 3 is 2.89 bits per heavy atom. The van der Waals surface area contributed by atoms with Gasteiger partial charge in [0.15, 0.2) is 0 Å². The molecule has 0 aromatic rings. The topological polar surface area (TPSA) is 30.5 Å². The van der Waals surface area contributed by atoms with E-state index in [-0.39, 0.29) is 0 Å². The average Bonchev–Trinajstić information content (AvgIpc) is 2.38. The van der Waals surface area contributed by atoms with Gasteiger partial charge in [0.2, 0.25) is 0 Å². The zero-order chi connectivity index (χ0) is 6.48. The molecule has 2 nitrogen and oxygen atoms in total. The first-order valence-corrected chi connectivity index (χ1v) is 3.63. The summed E-state index contributed by atoms with van der Waals surface area (Å²) in [5.41, 5.74) is 6.18. The Balaban J connectivity index is 2.05. The van der Waals surface area contributed by atoms with Crippen LogP contribution in [-0.2, 0) is 0 Å². The number of rotatable bonds is 1. The number of likely N-dealkylation sites (tertiary alicyclic amines) is 1. The molecule has 52 valence electrons. The molecule has 3 N–H and O–H groups in total. The Hall–Kier alpha value is -0.0800. The molecule has 9 heavy (non-hydrogen) atoms. The molecule has 0 aromatic heterocycles. The van der Waals surface area contributed by atoms with E-state index >= 15 is 0 Å². The molecule has 1 heterocycles. The van der Waals surface area contributed by atoms with E-state index in [4.69, 9.17) is 5.73 Å². The van der Waals surface area contributed by atoms with Crippen molar-refractivity contribution in [1.82, 2.24) is 0 Å². The van der Waals surface area contributed by atoms with E-state index in [1.165, 1.54) is 24.4 Å². The largest absolute Gasteiger partial charge is 0.467 e. The molecule has 1 unspecified atom stereocenters. The second-order valence-corrected chi connectivity index (χ2v) is 3.60. The summed E-state index contributed by atoms with van der Waals surface area (Å²) in [6.07, 6.45) is 1.38. The van der Waals surface area contributed by atoms with Crippen LogP contribution in [0.1, 0.15) is 6.42 Å². The van der Waals surface area contributed by atoms with Crippen molar-refractivity contribution < 1.29 is 4.90 Å². The standard InChI is InChI=1S/C7H14N2/c1-9-3-6-2-7(6,4-8)5-9/h6,9H,1-5,8H2/t6-,7-/m1/s1. The molecule has 0 aromatic carbocycles. The Morgan fingerprint density at radius 1 is 1.78 bits per heavy atom. The van der Waals surface area contributed by atoms with E-state index in [9.17, 15) is 0 Å². The van der Waals surface area contributed by atoms with Crippen LogP contribution >= 0.6 is 0 Å². The smallest absolute Gasteiger partial charge is 0.0604 e. The summed E-state index contributed by atoms with van der Waals surface area (Å²) >= 11 is 0. The molecule has 2 aliphatic rings. The number of nitrogens with two attached hydrogens (primary N) is 1. The van der Waals surface area contributed by atoms with Gasteiger partial charge >= 0.3 is 0 Å². The molecule has 0 radical (unpaired) electrons. The molecular formula is C7H14N2. The Morgan fingerprint density at radius 2 is 2.56 bits per heavy atom. The van der Waals surface area contributed by atoms with Gasteiger partial charge in [0.05, 0.1) is 13.1 Å². The van der Waals surface area contributed by atoms with Gasteiger partial charge in [-0.05, 0) is 6.42 Å². The van der Waals surface area contributed by atoms with Gasteiger partial charge in [0.25, 0.3) is 0 Å². The van der Waals surface area contributed by atoms with Crippen LogP contribution in [0.4, 0.5) is 0 Å². The van der Waals surface area contributed by atoms with Gasteiger partial charge in [-0.3, -0.25) is 0 Å². The van der Waals surface area contributed by atoms with Crippen LogP contribution < -0.4 is 10.6 Å². The molecule has 0 bridgehead atoms. The van der Waals surface area contributed by atoms with Gasteiger partial charge in [-0.2, -0.15) is 7.05 Å². The summed E-state index contributed by atoms with van der Waals surface area (Å²) < 4.78 is 0. The van der Waals surface area contributed by atoms with E-state index in [1.54, 1.807) is 0 Å². The van der Waals surface area contributed by atoms with Crippen LogP contribution in [0.2, 0.25) is 0 Å². The molecule has 0 amide bonds. The van der Waals surface area contributed by atoms with Crippen LogP contribution in [0.25, 0.3) is 0 Å². The van der Waals surface area contributed by atoms with Crippen molar-refractivity contribution in [1.29, 1.82) is 0 Å². The van der Waals surface area contributed by atoms with E-state index < -0.39 is 0 Å². The van der Waals surface area contributed by atoms with Crippen LogP contribution in [0, 0.1) is 18.4 Å². The van der Waals surface area contributed by atoms with Crippen LogP contribution in [0.3, 0.4) is 0 Å². The molecule has 3 atom stereocenters. The predicted molar refractivity (Wildman–Crippen MR) is 35.6 cm³/mol. The molecule has 2 fully saturated rings. The molecule has 1 saturated carbocycles. The zero-order valence-corrected chi connectivity index (χ0v) is 5.69. The number of hydrogen-bond acceptors (Lipinski definition) is 1. The maximum atomic E-state index is 5.63. The molecule has 1 saturated heterocycles. The predicted octanol–water partition coefficient (Wildman–Crippen LogP) is -1.36. The minimum atomic E-state index is 0.553. The quantitative estimate of drug-likeness (QED) is 0.418. The summed E-state index contributed by atoms with van der Waals surface area (Å²) in [5, 5.41) is 0. The molecule has 2 rings (SSSR count). The van der Waals surface area contributed by atoms with Gasteiger partial charge in [-0.25, -0.2) is 0 Å². The SMILES string of the molecule is [CH2-][NH+]1C[C@H]2C[C@@]2(CN)C1. The highest BCUT2D eigenvalue weighted by Gasteiger charge is 2.59. The maximum absolute atomic E-state index is 5.63. The monoisotopic (exact) mass is 126 g/mol. The first-order valence-electron chi connectivity index (χ1n) is 3.63. The third kappa shape index (κ3) is 0.634.